The number of ether oxygens (including phenoxy) is 1. The molecule has 0 radical (unpaired) electrons. The summed E-state index contributed by atoms with van der Waals surface area (Å²) < 4.78 is 5.91. The Morgan fingerprint density at radius 1 is 1.48 bits per heavy atom. The number of carbonyl (C=O) groups is 1. The average Bonchev–Trinajstić information content (AvgIpc) is 2.89. The van der Waals surface area contributed by atoms with Gasteiger partial charge in [0.05, 0.1) is 19.2 Å². The molecular formula is C14H14BrN3O2S. The lowest BCUT2D eigenvalue weighted by molar-refractivity contribution is -0.142. The average molecular weight is 368 g/mol. The first-order chi connectivity index (χ1) is 10.2. The fourth-order valence-electron chi connectivity index (χ4n) is 1.51. The van der Waals surface area contributed by atoms with Gasteiger partial charge in [0, 0.05) is 15.5 Å². The van der Waals surface area contributed by atoms with Gasteiger partial charge in [-0.2, -0.15) is 5.10 Å². The second-order valence-corrected chi connectivity index (χ2v) is 6.07. The number of benzene rings is 1. The predicted octanol–water partition coefficient (Wildman–Crippen LogP) is 3.46. The van der Waals surface area contributed by atoms with E-state index < -0.39 is 0 Å². The first-order valence-electron chi connectivity index (χ1n) is 6.32. The summed E-state index contributed by atoms with van der Waals surface area (Å²) in [5.41, 5.74) is 3.83. The van der Waals surface area contributed by atoms with E-state index in [0.717, 1.165) is 14.9 Å². The van der Waals surface area contributed by atoms with Crippen LogP contribution < -0.4 is 5.43 Å². The Bertz CT molecular complexity index is 625. The molecule has 0 fully saturated rings. The van der Waals surface area contributed by atoms with Crippen molar-refractivity contribution in [1.82, 2.24) is 4.98 Å². The van der Waals surface area contributed by atoms with Crippen molar-refractivity contribution in [2.45, 2.75) is 13.3 Å². The van der Waals surface area contributed by atoms with Crippen LogP contribution in [0.4, 0.5) is 5.13 Å². The molecule has 110 valence electrons. The third-order valence-electron chi connectivity index (χ3n) is 2.42. The van der Waals surface area contributed by atoms with Gasteiger partial charge in [-0.15, -0.1) is 0 Å². The number of rotatable bonds is 6. The Morgan fingerprint density at radius 3 is 2.95 bits per heavy atom. The van der Waals surface area contributed by atoms with Gasteiger partial charge in [-0.1, -0.05) is 39.4 Å². The molecule has 1 aromatic heterocycles. The predicted molar refractivity (Wildman–Crippen MR) is 87.8 cm³/mol. The second kappa shape index (κ2) is 7.90. The molecule has 7 heteroatoms. The van der Waals surface area contributed by atoms with Gasteiger partial charge in [-0.05, 0) is 24.6 Å². The molecule has 0 spiro atoms. The van der Waals surface area contributed by atoms with Crippen LogP contribution in [0, 0.1) is 0 Å². The van der Waals surface area contributed by atoms with E-state index in [2.05, 4.69) is 31.4 Å². The van der Waals surface area contributed by atoms with E-state index in [1.807, 2.05) is 24.3 Å². The minimum absolute atomic E-state index is 0.240. The minimum Gasteiger partial charge on any atom is -0.466 e. The number of aromatic nitrogens is 1. The number of hydrogen-bond donors (Lipinski definition) is 1. The van der Waals surface area contributed by atoms with Crippen LogP contribution in [0.25, 0.3) is 0 Å². The Morgan fingerprint density at radius 2 is 2.24 bits per heavy atom. The number of esters is 1. The summed E-state index contributed by atoms with van der Waals surface area (Å²) in [6.45, 7) is 2.18. The molecule has 0 unspecified atom stereocenters. The van der Waals surface area contributed by atoms with Crippen LogP contribution in [0.3, 0.4) is 0 Å². The van der Waals surface area contributed by atoms with Crippen LogP contribution in [0.1, 0.15) is 17.4 Å². The van der Waals surface area contributed by atoms with Crippen LogP contribution in [0.15, 0.2) is 40.0 Å². The van der Waals surface area contributed by atoms with Crippen LogP contribution >= 0.6 is 27.3 Å². The fourth-order valence-corrected chi connectivity index (χ4v) is 2.52. The molecule has 5 nitrogen and oxygen atoms in total. The summed E-state index contributed by atoms with van der Waals surface area (Å²) in [6, 6.07) is 7.79. The standard InChI is InChI=1S/C14H14BrN3O2S/c1-2-20-13(19)7-12-9-16-14(21-12)18-17-8-10-3-5-11(15)6-4-10/h3-6,8-9H,2,7H2,1H3,(H,16,18)/b17-8+. The van der Waals surface area contributed by atoms with E-state index in [-0.39, 0.29) is 12.4 Å². The van der Waals surface area contributed by atoms with Crippen LogP contribution in [0.2, 0.25) is 0 Å². The largest absolute Gasteiger partial charge is 0.466 e. The molecule has 1 aromatic carbocycles. The van der Waals surface area contributed by atoms with Crippen molar-refractivity contribution in [3.8, 4) is 0 Å². The lowest BCUT2D eigenvalue weighted by Gasteiger charge is -1.97. The zero-order chi connectivity index (χ0) is 15.1. The van der Waals surface area contributed by atoms with E-state index in [1.165, 1.54) is 11.3 Å². The normalized spacial score (nSPS) is 10.8. The van der Waals surface area contributed by atoms with Gasteiger partial charge in [0.1, 0.15) is 0 Å². The van der Waals surface area contributed by atoms with Gasteiger partial charge >= 0.3 is 5.97 Å². The molecule has 21 heavy (non-hydrogen) atoms. The van der Waals surface area contributed by atoms with Gasteiger partial charge in [-0.3, -0.25) is 10.2 Å². The number of anilines is 1. The first-order valence-corrected chi connectivity index (χ1v) is 7.93. The maximum Gasteiger partial charge on any atom is 0.311 e. The molecule has 0 aliphatic rings. The Hall–Kier alpha value is -1.73. The Balaban J connectivity index is 1.87. The highest BCUT2D eigenvalue weighted by Gasteiger charge is 2.07. The van der Waals surface area contributed by atoms with E-state index >= 15 is 0 Å². The minimum atomic E-state index is -0.244. The van der Waals surface area contributed by atoms with Crippen molar-refractivity contribution >= 4 is 44.6 Å². The third-order valence-corrected chi connectivity index (χ3v) is 3.85. The molecule has 0 aliphatic heterocycles. The quantitative estimate of drug-likeness (QED) is 0.482. The first kappa shape index (κ1) is 15.7. The number of nitrogens with zero attached hydrogens (tertiary/aromatic N) is 2. The van der Waals surface area contributed by atoms with Crippen molar-refractivity contribution in [2.75, 3.05) is 12.0 Å². The van der Waals surface area contributed by atoms with Crippen molar-refractivity contribution in [3.63, 3.8) is 0 Å². The molecule has 0 atom stereocenters. The van der Waals surface area contributed by atoms with Gasteiger partial charge in [0.15, 0.2) is 0 Å². The van der Waals surface area contributed by atoms with Gasteiger partial charge in [0.25, 0.3) is 0 Å². The van der Waals surface area contributed by atoms with Crippen molar-refractivity contribution in [3.05, 3.63) is 45.4 Å². The number of hydrazone groups is 1. The van der Waals surface area contributed by atoms with Crippen molar-refractivity contribution in [1.29, 1.82) is 0 Å². The van der Waals surface area contributed by atoms with Crippen molar-refractivity contribution in [2.24, 2.45) is 5.10 Å². The van der Waals surface area contributed by atoms with Gasteiger partial charge in [-0.25, -0.2) is 4.98 Å². The lowest BCUT2D eigenvalue weighted by atomic mass is 10.2. The highest BCUT2D eigenvalue weighted by molar-refractivity contribution is 9.10. The van der Waals surface area contributed by atoms with Crippen molar-refractivity contribution < 1.29 is 9.53 Å². The van der Waals surface area contributed by atoms with Crippen LogP contribution in [0.5, 0.6) is 0 Å². The SMILES string of the molecule is CCOC(=O)Cc1cnc(N/N=C/c2ccc(Br)cc2)s1. The number of hydrogen-bond acceptors (Lipinski definition) is 6. The Kier molecular flexibility index (Phi) is 5.89. The third kappa shape index (κ3) is 5.28. The second-order valence-electron chi connectivity index (χ2n) is 4.04. The summed E-state index contributed by atoms with van der Waals surface area (Å²) in [5, 5.41) is 4.75. The summed E-state index contributed by atoms with van der Waals surface area (Å²) in [5.74, 6) is -0.244. The van der Waals surface area contributed by atoms with E-state index in [0.29, 0.717) is 11.7 Å². The maximum absolute atomic E-state index is 11.4. The molecule has 0 aliphatic carbocycles. The summed E-state index contributed by atoms with van der Waals surface area (Å²) in [7, 11) is 0. The van der Waals surface area contributed by atoms with Gasteiger partial charge < -0.3 is 4.74 Å². The smallest absolute Gasteiger partial charge is 0.311 e. The van der Waals surface area contributed by atoms with Crippen LogP contribution in [-0.4, -0.2) is 23.8 Å². The zero-order valence-electron chi connectivity index (χ0n) is 11.4. The van der Waals surface area contributed by atoms with Gasteiger partial charge in [0.2, 0.25) is 5.13 Å². The summed E-state index contributed by atoms with van der Waals surface area (Å²) >= 11 is 4.76. The summed E-state index contributed by atoms with van der Waals surface area (Å²) in [4.78, 5) is 16.3. The van der Waals surface area contributed by atoms with E-state index in [9.17, 15) is 4.79 Å². The number of thiazole rings is 1. The number of nitrogens with one attached hydrogen (secondary N) is 1. The van der Waals surface area contributed by atoms with E-state index in [4.69, 9.17) is 4.74 Å². The molecule has 1 N–H and O–H groups in total. The lowest BCUT2D eigenvalue weighted by Crippen LogP contribution is -2.06. The molecule has 0 amide bonds. The highest BCUT2D eigenvalue weighted by Crippen LogP contribution is 2.18. The molecule has 1 heterocycles. The zero-order valence-corrected chi connectivity index (χ0v) is 13.8. The monoisotopic (exact) mass is 367 g/mol. The number of halogens is 1. The highest BCUT2D eigenvalue weighted by atomic mass is 79.9. The topological polar surface area (TPSA) is 63.6 Å². The number of carbonyl (C=O) groups excluding carboxylic acids is 1. The molecular weight excluding hydrogens is 354 g/mol. The molecule has 2 rings (SSSR count). The maximum atomic E-state index is 11.4. The van der Waals surface area contributed by atoms with Crippen LogP contribution in [-0.2, 0) is 16.0 Å². The fraction of sp³-hybridized carbons (Fsp3) is 0.214. The molecule has 0 bridgehead atoms. The molecule has 2 aromatic rings. The van der Waals surface area contributed by atoms with E-state index in [1.54, 1.807) is 19.3 Å². The molecule has 0 saturated heterocycles. The summed E-state index contributed by atoms with van der Waals surface area (Å²) in [6.07, 6.45) is 3.60. The molecule has 0 saturated carbocycles. The Labute approximate surface area is 135 Å².